The Morgan fingerprint density at radius 1 is 1.22 bits per heavy atom. The molecule has 106 valence electrons. The molecule has 1 saturated carbocycles. The first kappa shape index (κ1) is 15.5. The topological polar surface area (TPSA) is 71.1 Å². The number of carbonyl (C=O) groups excluding carboxylic acids is 1. The van der Waals surface area contributed by atoms with E-state index in [0.717, 1.165) is 0 Å². The van der Waals surface area contributed by atoms with Crippen LogP contribution in [0.3, 0.4) is 0 Å². The third-order valence-electron chi connectivity index (χ3n) is 2.44. The summed E-state index contributed by atoms with van der Waals surface area (Å²) >= 11 is 0. The highest BCUT2D eigenvalue weighted by Crippen LogP contribution is 2.60. The van der Waals surface area contributed by atoms with Crippen molar-refractivity contribution in [2.24, 2.45) is 0 Å². The van der Waals surface area contributed by atoms with Gasteiger partial charge in [0.1, 0.15) is 0 Å². The van der Waals surface area contributed by atoms with Crippen LogP contribution in [0.15, 0.2) is 0 Å². The normalized spacial score (nSPS) is 20.6. The van der Waals surface area contributed by atoms with Gasteiger partial charge in [0.05, 0.1) is 11.8 Å². The van der Waals surface area contributed by atoms with Crippen LogP contribution in [0, 0.1) is 0 Å². The van der Waals surface area contributed by atoms with Crippen molar-refractivity contribution in [3.63, 3.8) is 0 Å². The van der Waals surface area contributed by atoms with E-state index < -0.39 is 19.5 Å². The standard InChI is InChI=1S/C11H21O6P/c1-8(2)15-10(12)16-11(6-7-11)17-18(13,14-5)9(3)4/h8-9H,6-7H2,1-5H3. The van der Waals surface area contributed by atoms with Gasteiger partial charge in [-0.15, -0.1) is 0 Å². The summed E-state index contributed by atoms with van der Waals surface area (Å²) < 4.78 is 32.5. The van der Waals surface area contributed by atoms with Gasteiger partial charge in [-0.25, -0.2) is 4.79 Å². The minimum absolute atomic E-state index is 0.271. The van der Waals surface area contributed by atoms with Crippen molar-refractivity contribution >= 4 is 13.8 Å². The van der Waals surface area contributed by atoms with Crippen molar-refractivity contribution in [2.45, 2.75) is 58.1 Å². The Kier molecular flexibility index (Phi) is 4.81. The fraction of sp³-hybridized carbons (Fsp3) is 0.909. The van der Waals surface area contributed by atoms with Gasteiger partial charge in [0.25, 0.3) is 0 Å². The zero-order valence-electron chi connectivity index (χ0n) is 11.5. The highest BCUT2D eigenvalue weighted by molar-refractivity contribution is 7.54. The van der Waals surface area contributed by atoms with Gasteiger partial charge in [0, 0.05) is 20.0 Å². The lowest BCUT2D eigenvalue weighted by Crippen LogP contribution is -2.26. The summed E-state index contributed by atoms with van der Waals surface area (Å²) in [5.74, 6) is -1.14. The third kappa shape index (κ3) is 3.97. The van der Waals surface area contributed by atoms with Crippen molar-refractivity contribution in [1.82, 2.24) is 0 Å². The largest absolute Gasteiger partial charge is 0.511 e. The first-order chi connectivity index (χ1) is 8.23. The lowest BCUT2D eigenvalue weighted by Gasteiger charge is -2.25. The lowest BCUT2D eigenvalue weighted by atomic mass is 10.5. The minimum Gasteiger partial charge on any atom is -0.432 e. The Morgan fingerprint density at radius 2 is 1.78 bits per heavy atom. The molecule has 7 heteroatoms. The van der Waals surface area contributed by atoms with Crippen LogP contribution in [0.4, 0.5) is 4.79 Å². The molecule has 0 amide bonds. The van der Waals surface area contributed by atoms with Crippen LogP contribution in [-0.4, -0.2) is 30.8 Å². The maximum absolute atomic E-state index is 12.3. The van der Waals surface area contributed by atoms with Crippen LogP contribution in [0.5, 0.6) is 0 Å². The predicted molar refractivity (Wildman–Crippen MR) is 65.5 cm³/mol. The van der Waals surface area contributed by atoms with Crippen LogP contribution in [-0.2, 0) is 23.1 Å². The SMILES string of the molecule is COP(=O)(OC1(OC(=O)OC(C)C)CC1)C(C)C. The van der Waals surface area contributed by atoms with Crippen LogP contribution < -0.4 is 0 Å². The van der Waals surface area contributed by atoms with E-state index in [0.29, 0.717) is 12.8 Å². The molecule has 0 bridgehead atoms. The summed E-state index contributed by atoms with van der Waals surface area (Å²) in [5, 5.41) is 0. The van der Waals surface area contributed by atoms with E-state index in [2.05, 4.69) is 0 Å². The van der Waals surface area contributed by atoms with Gasteiger partial charge in [-0.1, -0.05) is 13.8 Å². The highest BCUT2D eigenvalue weighted by atomic mass is 31.2. The van der Waals surface area contributed by atoms with E-state index in [9.17, 15) is 9.36 Å². The second kappa shape index (κ2) is 5.59. The number of hydrogen-bond acceptors (Lipinski definition) is 6. The van der Waals surface area contributed by atoms with Crippen LogP contribution in [0.1, 0.15) is 40.5 Å². The molecule has 0 saturated heterocycles. The van der Waals surface area contributed by atoms with E-state index in [1.807, 2.05) is 0 Å². The monoisotopic (exact) mass is 280 g/mol. The molecule has 1 unspecified atom stereocenters. The first-order valence-electron chi connectivity index (χ1n) is 5.99. The van der Waals surface area contributed by atoms with Gasteiger partial charge in [0.2, 0.25) is 5.79 Å². The Hall–Kier alpha value is -0.580. The molecule has 0 heterocycles. The predicted octanol–water partition coefficient (Wildman–Crippen LogP) is 3.30. The molecule has 1 aliphatic carbocycles. The third-order valence-corrected chi connectivity index (χ3v) is 4.80. The summed E-state index contributed by atoms with van der Waals surface area (Å²) in [6.07, 6.45) is -0.0814. The number of ether oxygens (including phenoxy) is 2. The first-order valence-corrected chi connectivity index (χ1v) is 7.60. The van der Waals surface area contributed by atoms with Gasteiger partial charge in [-0.2, -0.15) is 0 Å². The van der Waals surface area contributed by atoms with Crippen molar-refractivity contribution in [3.05, 3.63) is 0 Å². The molecular weight excluding hydrogens is 259 g/mol. The van der Waals surface area contributed by atoms with Crippen molar-refractivity contribution < 1.29 is 27.9 Å². The maximum Gasteiger partial charge on any atom is 0.511 e. The molecule has 0 aromatic heterocycles. The Balaban J connectivity index is 2.61. The Bertz CT molecular complexity index is 347. The molecule has 0 aliphatic heterocycles. The Morgan fingerprint density at radius 3 is 2.11 bits per heavy atom. The number of carbonyl (C=O) groups is 1. The molecular formula is C11H21O6P. The van der Waals surface area contributed by atoms with Crippen LogP contribution in [0.2, 0.25) is 0 Å². The van der Waals surface area contributed by atoms with Gasteiger partial charge >= 0.3 is 13.8 Å². The molecule has 0 N–H and O–H groups in total. The zero-order chi connectivity index (χ0) is 14.0. The molecule has 0 spiro atoms. The average molecular weight is 280 g/mol. The molecule has 0 radical (unpaired) electrons. The molecule has 18 heavy (non-hydrogen) atoms. The van der Waals surface area contributed by atoms with Gasteiger partial charge in [0.15, 0.2) is 0 Å². The van der Waals surface area contributed by atoms with Crippen LogP contribution >= 0.6 is 7.60 Å². The number of rotatable bonds is 6. The van der Waals surface area contributed by atoms with Crippen molar-refractivity contribution in [1.29, 1.82) is 0 Å². The fourth-order valence-corrected chi connectivity index (χ4v) is 2.66. The molecule has 1 aliphatic rings. The summed E-state index contributed by atoms with van der Waals surface area (Å²) in [6, 6.07) is 0. The molecule has 0 aromatic rings. The minimum atomic E-state index is -3.25. The average Bonchev–Trinajstić information content (AvgIpc) is 2.95. The smallest absolute Gasteiger partial charge is 0.432 e. The second-order valence-corrected chi connectivity index (χ2v) is 7.50. The summed E-state index contributed by atoms with van der Waals surface area (Å²) in [4.78, 5) is 11.4. The van der Waals surface area contributed by atoms with Crippen LogP contribution in [0.25, 0.3) is 0 Å². The fourth-order valence-electron chi connectivity index (χ4n) is 1.27. The van der Waals surface area contributed by atoms with Gasteiger partial charge in [-0.3, -0.25) is 9.09 Å². The van der Waals surface area contributed by atoms with Gasteiger partial charge < -0.3 is 14.0 Å². The second-order valence-electron chi connectivity index (χ2n) is 4.84. The van der Waals surface area contributed by atoms with Crippen molar-refractivity contribution in [2.75, 3.05) is 7.11 Å². The van der Waals surface area contributed by atoms with Gasteiger partial charge in [-0.05, 0) is 13.8 Å². The molecule has 1 atom stereocenters. The van der Waals surface area contributed by atoms with E-state index in [1.165, 1.54) is 7.11 Å². The van der Waals surface area contributed by atoms with E-state index >= 15 is 0 Å². The Labute approximate surface area is 107 Å². The quantitative estimate of drug-likeness (QED) is 0.422. The lowest BCUT2D eigenvalue weighted by molar-refractivity contribution is -0.0957. The van der Waals surface area contributed by atoms with E-state index in [4.69, 9.17) is 18.5 Å². The summed E-state index contributed by atoms with van der Waals surface area (Å²) in [5.41, 5.74) is -0.301. The van der Waals surface area contributed by atoms with E-state index in [-0.39, 0.29) is 11.8 Å². The van der Waals surface area contributed by atoms with Crippen molar-refractivity contribution in [3.8, 4) is 0 Å². The van der Waals surface area contributed by atoms with E-state index in [1.54, 1.807) is 27.7 Å². The molecule has 1 fully saturated rings. The molecule has 6 nitrogen and oxygen atoms in total. The molecule has 0 aromatic carbocycles. The zero-order valence-corrected chi connectivity index (χ0v) is 12.4. The highest BCUT2D eigenvalue weighted by Gasteiger charge is 2.54. The maximum atomic E-state index is 12.3. The molecule has 1 rings (SSSR count). The summed E-state index contributed by atoms with van der Waals surface area (Å²) in [7, 11) is -1.93. The number of hydrogen-bond donors (Lipinski definition) is 0. The summed E-state index contributed by atoms with van der Waals surface area (Å²) in [6.45, 7) is 6.89.